The molecule has 0 radical (unpaired) electrons. The van der Waals surface area contributed by atoms with Crippen molar-refractivity contribution in [2.75, 3.05) is 13.7 Å². The third-order valence-corrected chi connectivity index (χ3v) is 3.73. The molecule has 0 aliphatic heterocycles. The van der Waals surface area contributed by atoms with Gasteiger partial charge in [0.2, 0.25) is 0 Å². The summed E-state index contributed by atoms with van der Waals surface area (Å²) in [5.74, 6) is 1.50. The number of aliphatic hydroxyl groups excluding tert-OH is 1. The Balaban J connectivity index is 1.75. The van der Waals surface area contributed by atoms with E-state index in [9.17, 15) is 5.11 Å². The van der Waals surface area contributed by atoms with Crippen LogP contribution in [0, 0.1) is 5.92 Å². The number of benzene rings is 1. The molecule has 3 nitrogen and oxygen atoms in total. The molecule has 0 saturated heterocycles. The van der Waals surface area contributed by atoms with Crippen molar-refractivity contribution in [2.24, 2.45) is 5.92 Å². The van der Waals surface area contributed by atoms with Crippen molar-refractivity contribution in [3.63, 3.8) is 0 Å². The first-order valence-corrected chi connectivity index (χ1v) is 7.16. The van der Waals surface area contributed by atoms with Crippen LogP contribution in [0.15, 0.2) is 24.3 Å². The average molecular weight is 264 g/mol. The summed E-state index contributed by atoms with van der Waals surface area (Å²) in [5, 5.41) is 9.99. The first-order valence-electron chi connectivity index (χ1n) is 7.16. The molecule has 19 heavy (non-hydrogen) atoms. The van der Waals surface area contributed by atoms with Crippen LogP contribution in [-0.4, -0.2) is 24.9 Å². The summed E-state index contributed by atoms with van der Waals surface area (Å²) in [5.41, 5.74) is 1.09. The Morgan fingerprint density at radius 3 is 2.84 bits per heavy atom. The monoisotopic (exact) mass is 264 g/mol. The van der Waals surface area contributed by atoms with Gasteiger partial charge in [0.15, 0.2) is 0 Å². The molecule has 0 bridgehead atoms. The molecule has 1 atom stereocenters. The molecule has 1 aromatic rings. The van der Waals surface area contributed by atoms with Crippen molar-refractivity contribution >= 4 is 0 Å². The van der Waals surface area contributed by atoms with Crippen LogP contribution in [0.4, 0.5) is 0 Å². The fourth-order valence-electron chi connectivity index (χ4n) is 2.78. The highest BCUT2D eigenvalue weighted by atomic mass is 16.5. The van der Waals surface area contributed by atoms with Gasteiger partial charge in [-0.15, -0.1) is 0 Å². The highest BCUT2D eigenvalue weighted by molar-refractivity contribution is 5.28. The molecule has 1 fully saturated rings. The Morgan fingerprint density at radius 1 is 1.32 bits per heavy atom. The zero-order valence-electron chi connectivity index (χ0n) is 11.7. The highest BCUT2D eigenvalue weighted by Gasteiger charge is 2.19. The maximum atomic E-state index is 9.99. The first-order chi connectivity index (χ1) is 9.28. The minimum atomic E-state index is -0.353. The van der Waals surface area contributed by atoms with Gasteiger partial charge in [-0.3, -0.25) is 0 Å². The van der Waals surface area contributed by atoms with Crippen LogP contribution in [-0.2, 0) is 11.3 Å². The average Bonchev–Trinajstić information content (AvgIpc) is 2.90. The van der Waals surface area contributed by atoms with Crippen LogP contribution in [0.25, 0.3) is 0 Å². The zero-order chi connectivity index (χ0) is 13.5. The summed E-state index contributed by atoms with van der Waals surface area (Å²) < 4.78 is 10.8. The van der Waals surface area contributed by atoms with Crippen molar-refractivity contribution in [2.45, 2.75) is 44.8 Å². The Hall–Kier alpha value is -1.06. The molecule has 0 spiro atoms. The predicted molar refractivity (Wildman–Crippen MR) is 75.2 cm³/mol. The molecule has 0 aromatic heterocycles. The van der Waals surface area contributed by atoms with Gasteiger partial charge in [0.25, 0.3) is 0 Å². The van der Waals surface area contributed by atoms with Gasteiger partial charge in [-0.05, 0) is 30.0 Å². The maximum Gasteiger partial charge on any atom is 0.119 e. The number of methoxy groups -OCH3 is 1. The second-order valence-corrected chi connectivity index (χ2v) is 5.43. The molecule has 0 heterocycles. The van der Waals surface area contributed by atoms with Crippen LogP contribution in [0.5, 0.6) is 5.75 Å². The molecule has 1 aromatic carbocycles. The van der Waals surface area contributed by atoms with E-state index >= 15 is 0 Å². The molecule has 1 saturated carbocycles. The normalized spacial score (nSPS) is 17.6. The molecule has 2 rings (SSSR count). The summed E-state index contributed by atoms with van der Waals surface area (Å²) in [6.45, 7) is 0.967. The summed E-state index contributed by atoms with van der Waals surface area (Å²) >= 11 is 0. The van der Waals surface area contributed by atoms with Crippen LogP contribution in [0.2, 0.25) is 0 Å². The Bertz CT molecular complexity index is 372. The van der Waals surface area contributed by atoms with E-state index in [1.54, 1.807) is 7.11 Å². The molecule has 3 heteroatoms. The van der Waals surface area contributed by atoms with E-state index in [4.69, 9.17) is 9.47 Å². The van der Waals surface area contributed by atoms with E-state index in [0.717, 1.165) is 17.7 Å². The molecule has 1 N–H and O–H groups in total. The van der Waals surface area contributed by atoms with E-state index < -0.39 is 0 Å². The van der Waals surface area contributed by atoms with Gasteiger partial charge in [-0.1, -0.05) is 37.8 Å². The number of aliphatic hydroxyl groups is 1. The molecular formula is C16H24O3. The number of ether oxygens (including phenoxy) is 2. The third kappa shape index (κ3) is 4.84. The number of hydrogen-bond donors (Lipinski definition) is 1. The second-order valence-electron chi connectivity index (χ2n) is 5.43. The van der Waals surface area contributed by atoms with Gasteiger partial charge in [0, 0.05) is 7.11 Å². The van der Waals surface area contributed by atoms with Gasteiger partial charge in [-0.2, -0.15) is 0 Å². The summed E-state index contributed by atoms with van der Waals surface area (Å²) in [6.07, 6.45) is 5.68. The number of hydrogen-bond acceptors (Lipinski definition) is 3. The smallest absolute Gasteiger partial charge is 0.119 e. The second kappa shape index (κ2) is 7.51. The van der Waals surface area contributed by atoms with E-state index in [2.05, 4.69) is 0 Å². The molecular weight excluding hydrogens is 240 g/mol. The molecule has 1 aliphatic rings. The van der Waals surface area contributed by atoms with Gasteiger partial charge < -0.3 is 14.6 Å². The van der Waals surface area contributed by atoms with E-state index in [0.29, 0.717) is 19.1 Å². The Labute approximate surface area is 115 Å². The van der Waals surface area contributed by atoms with Crippen LogP contribution in [0.1, 0.15) is 37.7 Å². The van der Waals surface area contributed by atoms with Crippen molar-refractivity contribution in [1.29, 1.82) is 0 Å². The lowest BCUT2D eigenvalue weighted by molar-refractivity contribution is 0.0854. The largest absolute Gasteiger partial charge is 0.491 e. The van der Waals surface area contributed by atoms with Gasteiger partial charge in [-0.25, -0.2) is 0 Å². The molecule has 106 valence electrons. The van der Waals surface area contributed by atoms with E-state index in [1.165, 1.54) is 25.7 Å². The highest BCUT2D eigenvalue weighted by Crippen LogP contribution is 2.28. The zero-order valence-corrected chi connectivity index (χ0v) is 11.7. The first kappa shape index (κ1) is 14.4. The lowest BCUT2D eigenvalue weighted by Gasteiger charge is -2.16. The van der Waals surface area contributed by atoms with Crippen molar-refractivity contribution in [3.05, 3.63) is 29.8 Å². The van der Waals surface area contributed by atoms with E-state index in [1.807, 2.05) is 24.3 Å². The molecule has 1 aliphatic carbocycles. The Morgan fingerprint density at radius 2 is 2.11 bits per heavy atom. The summed E-state index contributed by atoms with van der Waals surface area (Å²) in [7, 11) is 1.68. The third-order valence-electron chi connectivity index (χ3n) is 3.73. The standard InChI is InChI=1S/C16H24O3/c1-18-11-14-7-4-8-16(10-14)19-12-15(17)9-13-5-2-3-6-13/h4,7-8,10,13,15,17H,2-3,5-6,9,11-12H2,1H3. The number of rotatable bonds is 7. The van der Waals surface area contributed by atoms with Crippen LogP contribution in [0.3, 0.4) is 0 Å². The van der Waals surface area contributed by atoms with Crippen LogP contribution >= 0.6 is 0 Å². The van der Waals surface area contributed by atoms with Crippen molar-refractivity contribution < 1.29 is 14.6 Å². The topological polar surface area (TPSA) is 38.7 Å². The minimum absolute atomic E-state index is 0.353. The SMILES string of the molecule is COCc1cccc(OCC(O)CC2CCCC2)c1. The van der Waals surface area contributed by atoms with Crippen LogP contribution < -0.4 is 4.74 Å². The van der Waals surface area contributed by atoms with Gasteiger partial charge in [0.05, 0.1) is 12.7 Å². The molecule has 1 unspecified atom stereocenters. The van der Waals surface area contributed by atoms with E-state index in [-0.39, 0.29) is 6.10 Å². The fraction of sp³-hybridized carbons (Fsp3) is 0.625. The summed E-state index contributed by atoms with van der Waals surface area (Å²) in [6, 6.07) is 7.84. The van der Waals surface area contributed by atoms with Crippen molar-refractivity contribution in [1.82, 2.24) is 0 Å². The fourth-order valence-corrected chi connectivity index (χ4v) is 2.78. The Kier molecular flexibility index (Phi) is 5.67. The van der Waals surface area contributed by atoms with Gasteiger partial charge >= 0.3 is 0 Å². The lowest BCUT2D eigenvalue weighted by Crippen LogP contribution is -2.20. The predicted octanol–water partition coefficient (Wildman–Crippen LogP) is 3.15. The maximum absolute atomic E-state index is 9.99. The lowest BCUT2D eigenvalue weighted by atomic mass is 10.0. The van der Waals surface area contributed by atoms with Crippen molar-refractivity contribution in [3.8, 4) is 5.75 Å². The molecule has 0 amide bonds. The van der Waals surface area contributed by atoms with Gasteiger partial charge in [0.1, 0.15) is 12.4 Å². The quantitative estimate of drug-likeness (QED) is 0.822. The summed E-state index contributed by atoms with van der Waals surface area (Å²) in [4.78, 5) is 0. The minimum Gasteiger partial charge on any atom is -0.491 e.